The second-order valence-electron chi connectivity index (χ2n) is 4.81. The molecule has 102 valence electrons. The molecule has 0 bridgehead atoms. The third kappa shape index (κ3) is 3.26. The maximum absolute atomic E-state index is 4.52. The van der Waals surface area contributed by atoms with Gasteiger partial charge in [-0.05, 0) is 52.7 Å². The van der Waals surface area contributed by atoms with Crippen molar-refractivity contribution < 1.29 is 0 Å². The van der Waals surface area contributed by atoms with Gasteiger partial charge in [0, 0.05) is 38.9 Å². The van der Waals surface area contributed by atoms with Crippen molar-refractivity contribution in [1.29, 1.82) is 0 Å². The first-order valence-electron chi connectivity index (χ1n) is 6.50. The van der Waals surface area contributed by atoms with E-state index in [4.69, 9.17) is 0 Å². The van der Waals surface area contributed by atoms with Crippen LogP contribution in [-0.2, 0) is 13.1 Å². The number of aryl methyl sites for hydroxylation is 1. The largest absolute Gasteiger partial charge is 0.308 e. The smallest absolute Gasteiger partial charge is 0.0705 e. The molecule has 0 saturated carbocycles. The maximum Gasteiger partial charge on any atom is 0.0705 e. The summed E-state index contributed by atoms with van der Waals surface area (Å²) in [6, 6.07) is 12.8. The van der Waals surface area contributed by atoms with Crippen LogP contribution in [0.15, 0.2) is 46.3 Å². The van der Waals surface area contributed by atoms with Gasteiger partial charge in [0.05, 0.1) is 5.52 Å². The summed E-state index contributed by atoms with van der Waals surface area (Å²) in [5, 5.41) is 6.79. The summed E-state index contributed by atoms with van der Waals surface area (Å²) in [6.45, 7) is 3.80. The molecule has 0 aliphatic heterocycles. The molecule has 0 radical (unpaired) electrons. The number of thiophene rings is 1. The number of fused-ring (bicyclic) bond motifs is 1. The first kappa shape index (κ1) is 13.7. The van der Waals surface area contributed by atoms with E-state index in [1.165, 1.54) is 15.8 Å². The molecule has 3 rings (SSSR count). The van der Waals surface area contributed by atoms with Crippen molar-refractivity contribution in [2.45, 2.75) is 20.0 Å². The first-order chi connectivity index (χ1) is 9.70. The van der Waals surface area contributed by atoms with Gasteiger partial charge < -0.3 is 5.32 Å². The van der Waals surface area contributed by atoms with E-state index in [0.717, 1.165) is 28.8 Å². The highest BCUT2D eigenvalue weighted by molar-refractivity contribution is 9.10. The highest BCUT2D eigenvalue weighted by Crippen LogP contribution is 2.20. The molecule has 0 saturated heterocycles. The van der Waals surface area contributed by atoms with Crippen LogP contribution in [0.25, 0.3) is 10.9 Å². The molecule has 20 heavy (non-hydrogen) atoms. The van der Waals surface area contributed by atoms with Crippen LogP contribution in [0.5, 0.6) is 0 Å². The van der Waals surface area contributed by atoms with Crippen molar-refractivity contribution in [3.05, 3.63) is 62.4 Å². The number of hydrogen-bond donors (Lipinski definition) is 1. The predicted molar refractivity (Wildman–Crippen MR) is 89.0 cm³/mol. The topological polar surface area (TPSA) is 24.9 Å². The van der Waals surface area contributed by atoms with Crippen molar-refractivity contribution in [3.8, 4) is 0 Å². The van der Waals surface area contributed by atoms with Crippen LogP contribution in [0.2, 0.25) is 0 Å². The third-order valence-electron chi connectivity index (χ3n) is 3.14. The van der Waals surface area contributed by atoms with E-state index >= 15 is 0 Å². The molecule has 2 heterocycles. The van der Waals surface area contributed by atoms with E-state index in [9.17, 15) is 0 Å². The van der Waals surface area contributed by atoms with Crippen LogP contribution in [-0.4, -0.2) is 4.98 Å². The zero-order chi connectivity index (χ0) is 13.9. The summed E-state index contributed by atoms with van der Waals surface area (Å²) < 4.78 is 1.16. The number of pyridine rings is 1. The Kier molecular flexibility index (Phi) is 4.15. The standard InChI is InChI=1S/C16H15BrN2S/c1-11-2-4-13-6-12(3-5-16(13)19-11)8-18-9-15-7-14(17)10-20-15/h2-7,10,18H,8-9H2,1H3. The first-order valence-corrected chi connectivity index (χ1v) is 8.18. The van der Waals surface area contributed by atoms with Crippen molar-refractivity contribution in [2.75, 3.05) is 0 Å². The van der Waals surface area contributed by atoms with Crippen LogP contribution in [0.1, 0.15) is 16.1 Å². The Balaban J connectivity index is 1.67. The molecule has 0 amide bonds. The summed E-state index contributed by atoms with van der Waals surface area (Å²) >= 11 is 5.25. The van der Waals surface area contributed by atoms with Gasteiger partial charge in [0.2, 0.25) is 0 Å². The number of halogens is 1. The lowest BCUT2D eigenvalue weighted by Gasteiger charge is -2.05. The highest BCUT2D eigenvalue weighted by Gasteiger charge is 2.00. The number of rotatable bonds is 4. The van der Waals surface area contributed by atoms with Crippen molar-refractivity contribution in [3.63, 3.8) is 0 Å². The number of aromatic nitrogens is 1. The van der Waals surface area contributed by atoms with Gasteiger partial charge in [0.25, 0.3) is 0 Å². The van der Waals surface area contributed by atoms with E-state index in [1.54, 1.807) is 11.3 Å². The normalized spacial score (nSPS) is 11.1. The van der Waals surface area contributed by atoms with Gasteiger partial charge in [-0.2, -0.15) is 0 Å². The molecule has 2 aromatic heterocycles. The Bertz CT molecular complexity index is 736. The van der Waals surface area contributed by atoms with Gasteiger partial charge in [-0.1, -0.05) is 12.1 Å². The van der Waals surface area contributed by atoms with Gasteiger partial charge in [0.1, 0.15) is 0 Å². The maximum atomic E-state index is 4.52. The van der Waals surface area contributed by atoms with E-state index in [0.29, 0.717) is 0 Å². The van der Waals surface area contributed by atoms with Crippen molar-refractivity contribution >= 4 is 38.2 Å². The minimum atomic E-state index is 0.874. The lowest BCUT2D eigenvalue weighted by atomic mass is 10.1. The summed E-state index contributed by atoms with van der Waals surface area (Å²) in [6.07, 6.45) is 0. The molecule has 1 N–H and O–H groups in total. The Morgan fingerprint density at radius 3 is 2.85 bits per heavy atom. The molecule has 0 fully saturated rings. The number of hydrogen-bond acceptors (Lipinski definition) is 3. The molecule has 2 nitrogen and oxygen atoms in total. The minimum absolute atomic E-state index is 0.874. The van der Waals surface area contributed by atoms with Gasteiger partial charge in [0.15, 0.2) is 0 Å². The van der Waals surface area contributed by atoms with Gasteiger partial charge in [-0.3, -0.25) is 4.98 Å². The number of nitrogens with zero attached hydrogens (tertiary/aromatic N) is 1. The van der Waals surface area contributed by atoms with Crippen molar-refractivity contribution in [1.82, 2.24) is 10.3 Å². The van der Waals surface area contributed by atoms with Crippen LogP contribution in [0.3, 0.4) is 0 Å². The molecule has 0 spiro atoms. The molecule has 1 aromatic carbocycles. The van der Waals surface area contributed by atoms with E-state index in [1.807, 2.05) is 6.92 Å². The fourth-order valence-corrected chi connectivity index (χ4v) is 3.58. The SMILES string of the molecule is Cc1ccc2cc(CNCc3cc(Br)cs3)ccc2n1. The molecule has 0 unspecified atom stereocenters. The zero-order valence-corrected chi connectivity index (χ0v) is 13.6. The zero-order valence-electron chi connectivity index (χ0n) is 11.2. The summed E-state index contributed by atoms with van der Waals surface area (Å²) in [5.41, 5.74) is 3.42. The van der Waals surface area contributed by atoms with Gasteiger partial charge in [-0.25, -0.2) is 0 Å². The quantitative estimate of drug-likeness (QED) is 0.743. The lowest BCUT2D eigenvalue weighted by molar-refractivity contribution is 0.701. The summed E-state index contributed by atoms with van der Waals surface area (Å²) in [7, 11) is 0. The number of benzene rings is 1. The fourth-order valence-electron chi connectivity index (χ4n) is 2.16. The van der Waals surface area contributed by atoms with E-state index < -0.39 is 0 Å². The molecule has 0 aliphatic rings. The van der Waals surface area contributed by atoms with Gasteiger partial charge >= 0.3 is 0 Å². The second kappa shape index (κ2) is 6.04. The van der Waals surface area contributed by atoms with Crippen LogP contribution >= 0.6 is 27.3 Å². The van der Waals surface area contributed by atoms with Crippen LogP contribution in [0.4, 0.5) is 0 Å². The fraction of sp³-hybridized carbons (Fsp3) is 0.188. The molecule has 0 aliphatic carbocycles. The van der Waals surface area contributed by atoms with Crippen molar-refractivity contribution in [2.24, 2.45) is 0 Å². The minimum Gasteiger partial charge on any atom is -0.308 e. The lowest BCUT2D eigenvalue weighted by Crippen LogP contribution is -2.11. The molecule has 4 heteroatoms. The van der Waals surface area contributed by atoms with Gasteiger partial charge in [-0.15, -0.1) is 11.3 Å². The Labute approximate surface area is 131 Å². The Morgan fingerprint density at radius 1 is 1.15 bits per heavy atom. The van der Waals surface area contributed by atoms with Crippen LogP contribution in [0, 0.1) is 6.92 Å². The Morgan fingerprint density at radius 2 is 2.05 bits per heavy atom. The summed E-state index contributed by atoms with van der Waals surface area (Å²) in [4.78, 5) is 5.87. The summed E-state index contributed by atoms with van der Waals surface area (Å²) in [5.74, 6) is 0. The molecular weight excluding hydrogens is 332 g/mol. The molecular formula is C16H15BrN2S. The third-order valence-corrected chi connectivity index (χ3v) is 4.84. The van der Waals surface area contributed by atoms with E-state index in [-0.39, 0.29) is 0 Å². The van der Waals surface area contributed by atoms with Crippen LogP contribution < -0.4 is 5.32 Å². The molecule has 3 aromatic rings. The van der Waals surface area contributed by atoms with E-state index in [2.05, 4.69) is 68.0 Å². The highest BCUT2D eigenvalue weighted by atomic mass is 79.9. The monoisotopic (exact) mass is 346 g/mol. The number of nitrogens with one attached hydrogen (secondary N) is 1. The predicted octanol–water partition coefficient (Wildman–Crippen LogP) is 4.66. The Hall–Kier alpha value is -1.23. The second-order valence-corrected chi connectivity index (χ2v) is 6.73. The molecule has 0 atom stereocenters. The average Bonchev–Trinajstić information content (AvgIpc) is 2.85. The average molecular weight is 347 g/mol.